The summed E-state index contributed by atoms with van der Waals surface area (Å²) < 4.78 is 2.21. The molecule has 0 N–H and O–H groups in total. The van der Waals surface area contributed by atoms with Gasteiger partial charge in [-0.3, -0.25) is 0 Å². The summed E-state index contributed by atoms with van der Waals surface area (Å²) in [7, 11) is 2.11. The Morgan fingerprint density at radius 3 is 2.76 bits per heavy atom. The number of anilines is 1. The maximum Gasteiger partial charge on any atom is 0.206 e. The van der Waals surface area contributed by atoms with Crippen LogP contribution in [0.4, 0.5) is 5.95 Å². The SMILES string of the molecule is CCCCN(Cc1cccs1)c1nc2ccccc2n1C. The molecule has 21 heavy (non-hydrogen) atoms. The Labute approximate surface area is 129 Å². The minimum atomic E-state index is 0.939. The molecule has 2 aromatic heterocycles. The Balaban J connectivity index is 1.95. The van der Waals surface area contributed by atoms with Gasteiger partial charge in [0.1, 0.15) is 0 Å². The van der Waals surface area contributed by atoms with Gasteiger partial charge < -0.3 is 9.47 Å². The summed E-state index contributed by atoms with van der Waals surface area (Å²) >= 11 is 1.81. The van der Waals surface area contributed by atoms with Crippen molar-refractivity contribution in [3.63, 3.8) is 0 Å². The van der Waals surface area contributed by atoms with Gasteiger partial charge in [0, 0.05) is 18.5 Å². The molecule has 1 aromatic carbocycles. The van der Waals surface area contributed by atoms with Crippen molar-refractivity contribution in [2.75, 3.05) is 11.4 Å². The second kappa shape index (κ2) is 6.31. The summed E-state index contributed by atoms with van der Waals surface area (Å²) in [6.07, 6.45) is 2.39. The highest BCUT2D eigenvalue weighted by atomic mass is 32.1. The second-order valence-electron chi connectivity index (χ2n) is 5.31. The van der Waals surface area contributed by atoms with E-state index >= 15 is 0 Å². The van der Waals surface area contributed by atoms with Crippen LogP contribution in [0.15, 0.2) is 41.8 Å². The number of thiophene rings is 1. The number of para-hydroxylation sites is 2. The molecule has 3 nitrogen and oxygen atoms in total. The lowest BCUT2D eigenvalue weighted by atomic mass is 10.3. The minimum Gasteiger partial charge on any atom is -0.337 e. The molecule has 0 amide bonds. The fourth-order valence-corrected chi connectivity index (χ4v) is 3.32. The Bertz CT molecular complexity index is 700. The maximum atomic E-state index is 4.84. The molecule has 3 rings (SSSR count). The van der Waals surface area contributed by atoms with Gasteiger partial charge in [-0.15, -0.1) is 11.3 Å². The molecule has 0 fully saturated rings. The zero-order valence-electron chi connectivity index (χ0n) is 12.6. The number of rotatable bonds is 6. The van der Waals surface area contributed by atoms with Crippen molar-refractivity contribution in [1.29, 1.82) is 0 Å². The minimum absolute atomic E-state index is 0.939. The summed E-state index contributed by atoms with van der Waals surface area (Å²) in [5.41, 5.74) is 2.27. The Morgan fingerprint density at radius 1 is 1.19 bits per heavy atom. The van der Waals surface area contributed by atoms with E-state index < -0.39 is 0 Å². The summed E-state index contributed by atoms with van der Waals surface area (Å²) in [5, 5.41) is 2.14. The number of unbranched alkanes of at least 4 members (excludes halogenated alkanes) is 1. The van der Waals surface area contributed by atoms with E-state index in [1.807, 2.05) is 11.3 Å². The van der Waals surface area contributed by atoms with Crippen molar-refractivity contribution in [2.24, 2.45) is 7.05 Å². The molecular weight excluding hydrogens is 278 g/mol. The number of nitrogens with zero attached hydrogens (tertiary/aromatic N) is 3. The first-order valence-corrected chi connectivity index (χ1v) is 8.36. The third-order valence-corrected chi connectivity index (χ3v) is 4.62. The fraction of sp³-hybridized carbons (Fsp3) is 0.353. The standard InChI is InChI=1S/C17H21N3S/c1-3-4-11-20(13-14-8-7-12-21-14)17-18-15-9-5-6-10-16(15)19(17)2/h5-10,12H,3-4,11,13H2,1-2H3. The largest absolute Gasteiger partial charge is 0.337 e. The van der Waals surface area contributed by atoms with Crippen LogP contribution in [0.2, 0.25) is 0 Å². The van der Waals surface area contributed by atoms with Crippen LogP contribution < -0.4 is 4.90 Å². The molecule has 0 bridgehead atoms. The normalized spacial score (nSPS) is 11.1. The van der Waals surface area contributed by atoms with Crippen molar-refractivity contribution < 1.29 is 0 Å². The predicted octanol–water partition coefficient (Wildman–Crippen LogP) is 4.44. The zero-order valence-corrected chi connectivity index (χ0v) is 13.4. The van der Waals surface area contributed by atoms with Crippen LogP contribution in [0.5, 0.6) is 0 Å². The van der Waals surface area contributed by atoms with Crippen LogP contribution in [0.25, 0.3) is 11.0 Å². The molecule has 110 valence electrons. The van der Waals surface area contributed by atoms with Crippen molar-refractivity contribution >= 4 is 28.3 Å². The van der Waals surface area contributed by atoms with E-state index in [2.05, 4.69) is 65.2 Å². The van der Waals surface area contributed by atoms with Crippen LogP contribution >= 0.6 is 11.3 Å². The van der Waals surface area contributed by atoms with Crippen LogP contribution in [-0.4, -0.2) is 16.1 Å². The maximum absolute atomic E-state index is 4.84. The lowest BCUT2D eigenvalue weighted by Crippen LogP contribution is -2.26. The summed E-state index contributed by atoms with van der Waals surface area (Å²) in [6, 6.07) is 12.7. The van der Waals surface area contributed by atoms with Crippen LogP contribution in [0.1, 0.15) is 24.6 Å². The molecule has 2 heterocycles. The van der Waals surface area contributed by atoms with Gasteiger partial charge >= 0.3 is 0 Å². The third kappa shape index (κ3) is 2.95. The number of imidazole rings is 1. The highest BCUT2D eigenvalue weighted by Crippen LogP contribution is 2.24. The van der Waals surface area contributed by atoms with E-state index in [1.54, 1.807) is 0 Å². The van der Waals surface area contributed by atoms with E-state index in [0.717, 1.165) is 24.6 Å². The number of fused-ring (bicyclic) bond motifs is 1. The number of aromatic nitrogens is 2. The van der Waals surface area contributed by atoms with Crippen LogP contribution in [0, 0.1) is 0 Å². The van der Waals surface area contributed by atoms with E-state index in [0.29, 0.717) is 0 Å². The first-order chi connectivity index (χ1) is 10.3. The molecular formula is C17H21N3S. The average Bonchev–Trinajstić information content (AvgIpc) is 3.12. The van der Waals surface area contributed by atoms with Crippen molar-refractivity contribution in [1.82, 2.24) is 9.55 Å². The Morgan fingerprint density at radius 2 is 2.05 bits per heavy atom. The number of benzene rings is 1. The summed E-state index contributed by atoms with van der Waals surface area (Å²) in [4.78, 5) is 8.62. The van der Waals surface area contributed by atoms with Crippen molar-refractivity contribution in [3.05, 3.63) is 46.7 Å². The van der Waals surface area contributed by atoms with Crippen molar-refractivity contribution in [3.8, 4) is 0 Å². The van der Waals surface area contributed by atoms with E-state index in [1.165, 1.54) is 23.2 Å². The van der Waals surface area contributed by atoms with E-state index in [4.69, 9.17) is 4.98 Å². The molecule has 0 saturated carbocycles. The molecule has 3 aromatic rings. The molecule has 4 heteroatoms. The van der Waals surface area contributed by atoms with Crippen molar-refractivity contribution in [2.45, 2.75) is 26.3 Å². The molecule has 0 saturated heterocycles. The van der Waals surface area contributed by atoms with Gasteiger partial charge in [0.15, 0.2) is 0 Å². The lowest BCUT2D eigenvalue weighted by Gasteiger charge is -2.23. The molecule has 0 spiro atoms. The average molecular weight is 299 g/mol. The second-order valence-corrected chi connectivity index (χ2v) is 6.35. The Hall–Kier alpha value is -1.81. The van der Waals surface area contributed by atoms with Crippen LogP contribution in [0.3, 0.4) is 0 Å². The summed E-state index contributed by atoms with van der Waals surface area (Å²) in [6.45, 7) is 4.22. The first-order valence-electron chi connectivity index (χ1n) is 7.48. The number of aryl methyl sites for hydroxylation is 1. The quantitative estimate of drug-likeness (QED) is 0.671. The molecule has 0 aliphatic rings. The molecule has 0 unspecified atom stereocenters. The lowest BCUT2D eigenvalue weighted by molar-refractivity contribution is 0.688. The van der Waals surface area contributed by atoms with Gasteiger partial charge in [0.25, 0.3) is 0 Å². The van der Waals surface area contributed by atoms with E-state index in [-0.39, 0.29) is 0 Å². The van der Waals surface area contributed by atoms with Gasteiger partial charge in [0.05, 0.1) is 17.6 Å². The van der Waals surface area contributed by atoms with E-state index in [9.17, 15) is 0 Å². The fourth-order valence-electron chi connectivity index (χ4n) is 2.61. The summed E-state index contributed by atoms with van der Waals surface area (Å²) in [5.74, 6) is 1.07. The van der Waals surface area contributed by atoms with Gasteiger partial charge in [-0.25, -0.2) is 4.98 Å². The topological polar surface area (TPSA) is 21.1 Å². The smallest absolute Gasteiger partial charge is 0.206 e. The number of hydrogen-bond acceptors (Lipinski definition) is 3. The Kier molecular flexibility index (Phi) is 4.25. The molecule has 0 aliphatic carbocycles. The van der Waals surface area contributed by atoms with Gasteiger partial charge in [-0.1, -0.05) is 31.5 Å². The number of hydrogen-bond donors (Lipinski definition) is 0. The highest BCUT2D eigenvalue weighted by molar-refractivity contribution is 7.09. The molecule has 0 radical (unpaired) electrons. The van der Waals surface area contributed by atoms with Gasteiger partial charge in [0.2, 0.25) is 5.95 Å². The van der Waals surface area contributed by atoms with Gasteiger partial charge in [-0.05, 0) is 30.0 Å². The van der Waals surface area contributed by atoms with Crippen LogP contribution in [-0.2, 0) is 13.6 Å². The third-order valence-electron chi connectivity index (χ3n) is 3.75. The zero-order chi connectivity index (χ0) is 14.7. The highest BCUT2D eigenvalue weighted by Gasteiger charge is 2.15. The van der Waals surface area contributed by atoms with Gasteiger partial charge in [-0.2, -0.15) is 0 Å². The molecule has 0 aliphatic heterocycles. The monoisotopic (exact) mass is 299 g/mol. The molecule has 0 atom stereocenters. The first kappa shape index (κ1) is 14.1. The predicted molar refractivity (Wildman–Crippen MR) is 91.0 cm³/mol.